The SMILES string of the molecule is CC(C1CCCCC1)N1CCNC(c2ccccc2)C1. The van der Waals surface area contributed by atoms with E-state index in [1.54, 1.807) is 0 Å². The summed E-state index contributed by atoms with van der Waals surface area (Å²) in [4.78, 5) is 2.73. The first-order valence-corrected chi connectivity index (χ1v) is 8.37. The van der Waals surface area contributed by atoms with Crippen molar-refractivity contribution in [1.29, 1.82) is 0 Å². The number of nitrogens with zero attached hydrogens (tertiary/aromatic N) is 1. The number of benzene rings is 1. The van der Waals surface area contributed by atoms with Gasteiger partial charge in [0, 0.05) is 31.7 Å². The second kappa shape index (κ2) is 6.73. The fraction of sp³-hybridized carbons (Fsp3) is 0.667. The highest BCUT2D eigenvalue weighted by molar-refractivity contribution is 5.19. The average molecular weight is 272 g/mol. The van der Waals surface area contributed by atoms with E-state index in [2.05, 4.69) is 47.5 Å². The van der Waals surface area contributed by atoms with E-state index in [9.17, 15) is 0 Å². The molecule has 2 unspecified atom stereocenters. The van der Waals surface area contributed by atoms with Gasteiger partial charge in [-0.3, -0.25) is 4.90 Å². The van der Waals surface area contributed by atoms with E-state index < -0.39 is 0 Å². The van der Waals surface area contributed by atoms with Crippen molar-refractivity contribution in [1.82, 2.24) is 10.2 Å². The van der Waals surface area contributed by atoms with Gasteiger partial charge >= 0.3 is 0 Å². The Kier molecular flexibility index (Phi) is 4.74. The lowest BCUT2D eigenvalue weighted by Gasteiger charge is -2.42. The minimum Gasteiger partial charge on any atom is -0.308 e. The topological polar surface area (TPSA) is 15.3 Å². The molecule has 2 fully saturated rings. The normalized spacial score (nSPS) is 27.4. The summed E-state index contributed by atoms with van der Waals surface area (Å²) in [6.07, 6.45) is 7.24. The molecule has 0 amide bonds. The van der Waals surface area contributed by atoms with E-state index in [4.69, 9.17) is 0 Å². The lowest BCUT2D eigenvalue weighted by atomic mass is 9.83. The number of hydrogen-bond donors (Lipinski definition) is 1. The van der Waals surface area contributed by atoms with Crippen LogP contribution >= 0.6 is 0 Å². The van der Waals surface area contributed by atoms with Crippen molar-refractivity contribution in [2.75, 3.05) is 19.6 Å². The van der Waals surface area contributed by atoms with Gasteiger partial charge in [-0.1, -0.05) is 49.6 Å². The number of hydrogen-bond acceptors (Lipinski definition) is 2. The molecule has 0 bridgehead atoms. The highest BCUT2D eigenvalue weighted by atomic mass is 15.2. The van der Waals surface area contributed by atoms with Crippen molar-refractivity contribution in [3.8, 4) is 0 Å². The predicted molar refractivity (Wildman–Crippen MR) is 84.8 cm³/mol. The summed E-state index contributed by atoms with van der Waals surface area (Å²) in [5.74, 6) is 0.929. The zero-order chi connectivity index (χ0) is 13.8. The Bertz CT molecular complexity index is 397. The Balaban J connectivity index is 1.62. The van der Waals surface area contributed by atoms with Crippen LogP contribution in [0.1, 0.15) is 50.6 Å². The van der Waals surface area contributed by atoms with Crippen LogP contribution in [-0.2, 0) is 0 Å². The molecule has 2 aliphatic rings. The zero-order valence-corrected chi connectivity index (χ0v) is 12.7. The van der Waals surface area contributed by atoms with Crippen molar-refractivity contribution >= 4 is 0 Å². The van der Waals surface area contributed by atoms with Gasteiger partial charge < -0.3 is 5.32 Å². The molecule has 0 spiro atoms. The third-order valence-electron chi connectivity index (χ3n) is 5.32. The molecule has 2 atom stereocenters. The van der Waals surface area contributed by atoms with Gasteiger partial charge in [-0.15, -0.1) is 0 Å². The number of rotatable bonds is 3. The van der Waals surface area contributed by atoms with Gasteiger partial charge in [-0.25, -0.2) is 0 Å². The maximum atomic E-state index is 3.68. The van der Waals surface area contributed by atoms with Crippen LogP contribution in [0.25, 0.3) is 0 Å². The molecule has 2 nitrogen and oxygen atoms in total. The summed E-state index contributed by atoms with van der Waals surface area (Å²) in [6.45, 7) is 5.96. The van der Waals surface area contributed by atoms with Crippen LogP contribution in [0.3, 0.4) is 0 Å². The van der Waals surface area contributed by atoms with E-state index in [1.165, 1.54) is 50.8 Å². The molecule has 20 heavy (non-hydrogen) atoms. The van der Waals surface area contributed by atoms with Crippen LogP contribution in [0.15, 0.2) is 30.3 Å². The first-order chi connectivity index (χ1) is 9.84. The third-order valence-corrected chi connectivity index (χ3v) is 5.32. The largest absolute Gasteiger partial charge is 0.308 e. The molecule has 1 heterocycles. The number of piperazine rings is 1. The molecule has 1 saturated heterocycles. The summed E-state index contributed by atoms with van der Waals surface area (Å²) >= 11 is 0. The number of nitrogens with one attached hydrogen (secondary N) is 1. The van der Waals surface area contributed by atoms with E-state index >= 15 is 0 Å². The summed E-state index contributed by atoms with van der Waals surface area (Å²) in [5, 5.41) is 3.68. The molecule has 1 aliphatic carbocycles. The highest BCUT2D eigenvalue weighted by Crippen LogP contribution is 2.30. The van der Waals surface area contributed by atoms with Gasteiger partial charge in [-0.2, -0.15) is 0 Å². The highest BCUT2D eigenvalue weighted by Gasteiger charge is 2.29. The monoisotopic (exact) mass is 272 g/mol. The quantitative estimate of drug-likeness (QED) is 0.904. The van der Waals surface area contributed by atoms with Gasteiger partial charge in [0.25, 0.3) is 0 Å². The average Bonchev–Trinajstić information content (AvgIpc) is 2.56. The fourth-order valence-electron chi connectivity index (χ4n) is 3.97. The van der Waals surface area contributed by atoms with Gasteiger partial charge in [0.2, 0.25) is 0 Å². The molecule has 110 valence electrons. The van der Waals surface area contributed by atoms with Crippen LogP contribution in [0.2, 0.25) is 0 Å². The van der Waals surface area contributed by atoms with E-state index in [0.29, 0.717) is 6.04 Å². The van der Waals surface area contributed by atoms with Crippen LogP contribution in [0, 0.1) is 5.92 Å². The fourth-order valence-corrected chi connectivity index (χ4v) is 3.97. The summed E-state index contributed by atoms with van der Waals surface area (Å²) < 4.78 is 0. The van der Waals surface area contributed by atoms with Crippen molar-refractivity contribution in [2.24, 2.45) is 5.92 Å². The summed E-state index contributed by atoms with van der Waals surface area (Å²) in [7, 11) is 0. The molecular weight excluding hydrogens is 244 g/mol. The van der Waals surface area contributed by atoms with Crippen LogP contribution in [-0.4, -0.2) is 30.6 Å². The molecular formula is C18H28N2. The summed E-state index contributed by atoms with van der Waals surface area (Å²) in [6, 6.07) is 12.2. The first-order valence-electron chi connectivity index (χ1n) is 8.37. The van der Waals surface area contributed by atoms with Gasteiger partial charge in [-0.05, 0) is 31.2 Å². The minimum absolute atomic E-state index is 0.510. The Morgan fingerprint density at radius 3 is 2.60 bits per heavy atom. The van der Waals surface area contributed by atoms with Crippen molar-refractivity contribution in [3.63, 3.8) is 0 Å². The Morgan fingerprint density at radius 1 is 1.10 bits per heavy atom. The Morgan fingerprint density at radius 2 is 1.85 bits per heavy atom. The maximum absolute atomic E-state index is 3.68. The standard InChI is InChI=1S/C18H28N2/c1-15(16-8-4-2-5-9-16)20-13-12-19-18(14-20)17-10-6-3-7-11-17/h3,6-7,10-11,15-16,18-19H,2,4-5,8-9,12-14H2,1H3. The zero-order valence-electron chi connectivity index (χ0n) is 12.7. The van der Waals surface area contributed by atoms with E-state index in [1.807, 2.05) is 0 Å². The van der Waals surface area contributed by atoms with Crippen LogP contribution in [0.5, 0.6) is 0 Å². The van der Waals surface area contributed by atoms with Crippen LogP contribution < -0.4 is 5.32 Å². The Hall–Kier alpha value is -0.860. The van der Waals surface area contributed by atoms with Gasteiger partial charge in [0.15, 0.2) is 0 Å². The molecule has 3 rings (SSSR count). The smallest absolute Gasteiger partial charge is 0.0449 e. The molecule has 0 radical (unpaired) electrons. The van der Waals surface area contributed by atoms with Gasteiger partial charge in [0.1, 0.15) is 0 Å². The molecule has 1 saturated carbocycles. The Labute approximate surface area is 123 Å². The first kappa shape index (κ1) is 14.1. The van der Waals surface area contributed by atoms with Gasteiger partial charge in [0.05, 0.1) is 0 Å². The van der Waals surface area contributed by atoms with E-state index in [0.717, 1.165) is 18.5 Å². The molecule has 0 aromatic heterocycles. The minimum atomic E-state index is 0.510. The van der Waals surface area contributed by atoms with Crippen molar-refractivity contribution < 1.29 is 0 Å². The van der Waals surface area contributed by atoms with E-state index in [-0.39, 0.29) is 0 Å². The third kappa shape index (κ3) is 3.24. The molecule has 2 heteroatoms. The molecule has 1 aliphatic heterocycles. The molecule has 1 N–H and O–H groups in total. The second-order valence-corrected chi connectivity index (χ2v) is 6.55. The van der Waals surface area contributed by atoms with Crippen molar-refractivity contribution in [2.45, 2.75) is 51.1 Å². The lowest BCUT2D eigenvalue weighted by Crippen LogP contribution is -2.51. The molecule has 1 aromatic carbocycles. The second-order valence-electron chi connectivity index (χ2n) is 6.55. The van der Waals surface area contributed by atoms with Crippen molar-refractivity contribution in [3.05, 3.63) is 35.9 Å². The van der Waals surface area contributed by atoms with Crippen LogP contribution in [0.4, 0.5) is 0 Å². The predicted octanol–water partition coefficient (Wildman–Crippen LogP) is 3.60. The lowest BCUT2D eigenvalue weighted by molar-refractivity contribution is 0.0965. The summed E-state index contributed by atoms with van der Waals surface area (Å²) in [5.41, 5.74) is 1.44. The molecule has 1 aromatic rings. The maximum Gasteiger partial charge on any atom is 0.0449 e.